The molecule has 0 aliphatic carbocycles. The van der Waals surface area contributed by atoms with Gasteiger partial charge >= 0.3 is 5.97 Å². The Kier molecular flexibility index (Phi) is 3.16. The van der Waals surface area contributed by atoms with Gasteiger partial charge in [-0.3, -0.25) is 9.78 Å². The smallest absolute Gasteiger partial charge is 0.304 e. The highest BCUT2D eigenvalue weighted by molar-refractivity contribution is 7.99. The standard InChI is InChI=1S/C13H11NO4S/c15-13(16)2-4-19-12-1-3-14-9-6-11-10(5-8(9)12)17-7-18-11/h1,3,5-6H,2,4,7H2,(H,15,16). The summed E-state index contributed by atoms with van der Waals surface area (Å²) in [6, 6.07) is 5.63. The number of aromatic nitrogens is 1. The lowest BCUT2D eigenvalue weighted by atomic mass is 10.2. The van der Waals surface area contributed by atoms with E-state index >= 15 is 0 Å². The second-order valence-electron chi connectivity index (χ2n) is 4.02. The quantitative estimate of drug-likeness (QED) is 0.866. The van der Waals surface area contributed by atoms with E-state index in [0.29, 0.717) is 17.3 Å². The van der Waals surface area contributed by atoms with Crippen molar-refractivity contribution in [1.82, 2.24) is 4.98 Å². The Morgan fingerprint density at radius 3 is 2.95 bits per heavy atom. The number of pyridine rings is 1. The largest absolute Gasteiger partial charge is 0.481 e. The highest BCUT2D eigenvalue weighted by Crippen LogP contribution is 2.38. The number of benzene rings is 1. The maximum absolute atomic E-state index is 10.5. The molecule has 0 bridgehead atoms. The van der Waals surface area contributed by atoms with Crippen LogP contribution in [0.5, 0.6) is 11.5 Å². The van der Waals surface area contributed by atoms with Crippen molar-refractivity contribution in [3.05, 3.63) is 24.4 Å². The van der Waals surface area contributed by atoms with Crippen LogP contribution in [0.25, 0.3) is 10.9 Å². The molecule has 1 aliphatic heterocycles. The second kappa shape index (κ2) is 4.97. The van der Waals surface area contributed by atoms with Crippen LogP contribution in [-0.4, -0.2) is 28.6 Å². The molecule has 5 nitrogen and oxygen atoms in total. The van der Waals surface area contributed by atoms with Crippen molar-refractivity contribution >= 4 is 28.6 Å². The summed E-state index contributed by atoms with van der Waals surface area (Å²) >= 11 is 1.51. The molecule has 2 aromatic rings. The Labute approximate surface area is 113 Å². The molecule has 19 heavy (non-hydrogen) atoms. The Balaban J connectivity index is 1.93. The lowest BCUT2D eigenvalue weighted by Crippen LogP contribution is -1.95. The molecule has 1 N–H and O–H groups in total. The number of carboxylic acid groups (broad SMARTS) is 1. The molecule has 0 saturated heterocycles. The fraction of sp³-hybridized carbons (Fsp3) is 0.231. The van der Waals surface area contributed by atoms with Crippen LogP contribution in [-0.2, 0) is 4.79 Å². The molecule has 0 spiro atoms. The highest BCUT2D eigenvalue weighted by Gasteiger charge is 2.16. The first-order valence-electron chi connectivity index (χ1n) is 5.77. The van der Waals surface area contributed by atoms with Crippen LogP contribution in [0.4, 0.5) is 0 Å². The van der Waals surface area contributed by atoms with Crippen LogP contribution in [0.15, 0.2) is 29.3 Å². The van der Waals surface area contributed by atoms with Crippen LogP contribution in [0.3, 0.4) is 0 Å². The Bertz CT molecular complexity index is 644. The molecule has 98 valence electrons. The van der Waals surface area contributed by atoms with Gasteiger partial charge in [0.1, 0.15) is 0 Å². The van der Waals surface area contributed by atoms with Crippen molar-refractivity contribution in [2.45, 2.75) is 11.3 Å². The third-order valence-corrected chi connectivity index (χ3v) is 3.84. The summed E-state index contributed by atoms with van der Waals surface area (Å²) in [5.41, 5.74) is 0.824. The van der Waals surface area contributed by atoms with Crippen LogP contribution in [0, 0.1) is 0 Å². The normalized spacial score (nSPS) is 12.8. The first kappa shape index (κ1) is 12.1. The van der Waals surface area contributed by atoms with Crippen molar-refractivity contribution in [2.24, 2.45) is 0 Å². The molecule has 2 heterocycles. The topological polar surface area (TPSA) is 68.7 Å². The molecular formula is C13H11NO4S. The molecule has 0 radical (unpaired) electrons. The summed E-state index contributed by atoms with van der Waals surface area (Å²) < 4.78 is 10.7. The SMILES string of the molecule is O=C(O)CCSc1ccnc2cc3c(cc12)OCO3. The number of thioether (sulfide) groups is 1. The van der Waals surface area contributed by atoms with Gasteiger partial charge in [-0.25, -0.2) is 0 Å². The van der Waals surface area contributed by atoms with E-state index < -0.39 is 5.97 Å². The van der Waals surface area contributed by atoms with E-state index in [4.69, 9.17) is 14.6 Å². The summed E-state index contributed by atoms with van der Waals surface area (Å²) in [4.78, 5) is 15.8. The molecule has 0 amide bonds. The predicted molar refractivity (Wildman–Crippen MR) is 70.8 cm³/mol. The minimum atomic E-state index is -0.788. The second-order valence-corrected chi connectivity index (χ2v) is 5.16. The maximum atomic E-state index is 10.5. The van der Waals surface area contributed by atoms with E-state index in [-0.39, 0.29) is 13.2 Å². The van der Waals surface area contributed by atoms with Crippen LogP contribution in [0.2, 0.25) is 0 Å². The first-order valence-corrected chi connectivity index (χ1v) is 6.75. The van der Waals surface area contributed by atoms with Crippen molar-refractivity contribution in [1.29, 1.82) is 0 Å². The number of hydrogen-bond donors (Lipinski definition) is 1. The molecule has 0 unspecified atom stereocenters. The van der Waals surface area contributed by atoms with E-state index in [0.717, 1.165) is 15.8 Å². The van der Waals surface area contributed by atoms with Crippen molar-refractivity contribution in [3.8, 4) is 11.5 Å². The van der Waals surface area contributed by atoms with Gasteiger partial charge in [0, 0.05) is 28.3 Å². The zero-order chi connectivity index (χ0) is 13.2. The van der Waals surface area contributed by atoms with Gasteiger partial charge in [-0.05, 0) is 12.1 Å². The number of ether oxygens (including phenoxy) is 2. The molecule has 0 atom stereocenters. The van der Waals surface area contributed by atoms with Crippen molar-refractivity contribution in [3.63, 3.8) is 0 Å². The zero-order valence-corrected chi connectivity index (χ0v) is 10.8. The molecular weight excluding hydrogens is 266 g/mol. The van der Waals surface area contributed by atoms with Gasteiger partial charge in [-0.15, -0.1) is 11.8 Å². The van der Waals surface area contributed by atoms with E-state index in [1.54, 1.807) is 6.20 Å². The summed E-state index contributed by atoms with van der Waals surface area (Å²) in [5, 5.41) is 9.63. The minimum Gasteiger partial charge on any atom is -0.481 e. The highest BCUT2D eigenvalue weighted by atomic mass is 32.2. The van der Waals surface area contributed by atoms with Crippen LogP contribution in [0.1, 0.15) is 6.42 Å². The molecule has 3 rings (SSSR count). The molecule has 6 heteroatoms. The minimum absolute atomic E-state index is 0.138. The number of aliphatic carboxylic acids is 1. The average molecular weight is 277 g/mol. The number of carboxylic acids is 1. The van der Waals surface area contributed by atoms with Crippen LogP contribution >= 0.6 is 11.8 Å². The Morgan fingerprint density at radius 1 is 1.37 bits per heavy atom. The van der Waals surface area contributed by atoms with Gasteiger partial charge in [0.05, 0.1) is 11.9 Å². The Hall–Kier alpha value is -1.95. The van der Waals surface area contributed by atoms with E-state index in [9.17, 15) is 4.79 Å². The van der Waals surface area contributed by atoms with E-state index in [1.165, 1.54) is 11.8 Å². The first-order chi connectivity index (χ1) is 9.24. The number of hydrogen-bond acceptors (Lipinski definition) is 5. The third kappa shape index (κ3) is 2.44. The fourth-order valence-electron chi connectivity index (χ4n) is 1.88. The number of carbonyl (C=O) groups is 1. The molecule has 0 fully saturated rings. The maximum Gasteiger partial charge on any atom is 0.304 e. The monoisotopic (exact) mass is 277 g/mol. The molecule has 0 saturated carbocycles. The van der Waals surface area contributed by atoms with Gasteiger partial charge in [0.2, 0.25) is 6.79 Å². The lowest BCUT2D eigenvalue weighted by molar-refractivity contribution is -0.136. The summed E-state index contributed by atoms with van der Waals surface area (Å²) in [7, 11) is 0. The van der Waals surface area contributed by atoms with Gasteiger partial charge < -0.3 is 14.6 Å². The van der Waals surface area contributed by atoms with E-state index in [1.807, 2.05) is 18.2 Å². The van der Waals surface area contributed by atoms with Crippen molar-refractivity contribution in [2.75, 3.05) is 12.5 Å². The predicted octanol–water partition coefficient (Wildman–Crippen LogP) is 2.53. The fourth-order valence-corrected chi connectivity index (χ4v) is 2.86. The summed E-state index contributed by atoms with van der Waals surface area (Å²) in [5.74, 6) is 1.15. The third-order valence-electron chi connectivity index (χ3n) is 2.77. The van der Waals surface area contributed by atoms with Gasteiger partial charge in [0.25, 0.3) is 0 Å². The van der Waals surface area contributed by atoms with E-state index in [2.05, 4.69) is 4.98 Å². The number of rotatable bonds is 4. The summed E-state index contributed by atoms with van der Waals surface area (Å²) in [6.07, 6.45) is 1.85. The zero-order valence-electron chi connectivity index (χ0n) is 9.96. The Morgan fingerprint density at radius 2 is 2.16 bits per heavy atom. The molecule has 1 aromatic heterocycles. The molecule has 1 aromatic carbocycles. The van der Waals surface area contributed by atoms with Crippen molar-refractivity contribution < 1.29 is 19.4 Å². The van der Waals surface area contributed by atoms with Crippen LogP contribution < -0.4 is 9.47 Å². The van der Waals surface area contributed by atoms with Gasteiger partial charge in [-0.2, -0.15) is 0 Å². The number of fused-ring (bicyclic) bond motifs is 2. The summed E-state index contributed by atoms with van der Waals surface area (Å²) in [6.45, 7) is 0.229. The average Bonchev–Trinajstić information content (AvgIpc) is 2.83. The number of nitrogens with zero attached hydrogens (tertiary/aromatic N) is 1. The lowest BCUT2D eigenvalue weighted by Gasteiger charge is -2.06. The molecule has 1 aliphatic rings. The van der Waals surface area contributed by atoms with Gasteiger partial charge in [-0.1, -0.05) is 0 Å². The van der Waals surface area contributed by atoms with Gasteiger partial charge in [0.15, 0.2) is 11.5 Å².